The van der Waals surface area contributed by atoms with Gasteiger partial charge < -0.3 is 16.0 Å². The lowest BCUT2D eigenvalue weighted by atomic mass is 9.99. The van der Waals surface area contributed by atoms with E-state index in [0.29, 0.717) is 25.9 Å². The van der Waals surface area contributed by atoms with Crippen LogP contribution in [-0.2, 0) is 16.0 Å². The number of piperidine rings is 1. The van der Waals surface area contributed by atoms with Crippen LogP contribution in [0.2, 0.25) is 0 Å². The molecule has 1 saturated heterocycles. The van der Waals surface area contributed by atoms with E-state index >= 15 is 0 Å². The third kappa shape index (κ3) is 5.42. The van der Waals surface area contributed by atoms with Crippen LogP contribution in [0, 0.1) is 0 Å². The number of nitrogens with two attached hydrogens (primary N) is 1. The Balaban J connectivity index is 1.59. The summed E-state index contributed by atoms with van der Waals surface area (Å²) in [6, 6.07) is 18.5. The molecule has 2 aromatic rings. The smallest absolute Gasteiger partial charge is 0.227 e. The number of hydrogen-bond donors (Lipinski definition) is 2. The number of carbonyl (C=O) groups excluding carboxylic acids is 2. The standard InChI is InChI=1S/C23H29N3O2/c24-14-13-22(27)25-17-21-8-4-5-15-26(21)23(28)16-18-9-11-20(12-10-18)19-6-2-1-3-7-19/h1-3,6-7,9-12,21H,4-5,8,13-17,24H2,(H,25,27). The average molecular weight is 380 g/mol. The van der Waals surface area contributed by atoms with Crippen molar-refractivity contribution in [3.05, 3.63) is 60.2 Å². The van der Waals surface area contributed by atoms with Crippen LogP contribution >= 0.6 is 0 Å². The van der Waals surface area contributed by atoms with Gasteiger partial charge >= 0.3 is 0 Å². The van der Waals surface area contributed by atoms with Crippen LogP contribution in [0.15, 0.2) is 54.6 Å². The molecule has 1 unspecified atom stereocenters. The molecule has 28 heavy (non-hydrogen) atoms. The molecule has 0 saturated carbocycles. The van der Waals surface area contributed by atoms with Gasteiger partial charge in [-0.15, -0.1) is 0 Å². The number of rotatable bonds is 7. The Labute approximate surface area is 166 Å². The number of nitrogens with one attached hydrogen (secondary N) is 1. The maximum Gasteiger partial charge on any atom is 0.227 e. The molecule has 0 radical (unpaired) electrons. The van der Waals surface area contributed by atoms with Crippen molar-refractivity contribution in [2.45, 2.75) is 38.1 Å². The highest BCUT2D eigenvalue weighted by Crippen LogP contribution is 2.21. The molecule has 3 N–H and O–H groups in total. The zero-order valence-electron chi connectivity index (χ0n) is 16.3. The van der Waals surface area contributed by atoms with Crippen LogP contribution in [0.5, 0.6) is 0 Å². The molecule has 1 fully saturated rings. The number of benzene rings is 2. The summed E-state index contributed by atoms with van der Waals surface area (Å²) in [6.07, 6.45) is 3.76. The average Bonchev–Trinajstić information content (AvgIpc) is 2.74. The first-order chi connectivity index (χ1) is 13.7. The fourth-order valence-electron chi connectivity index (χ4n) is 3.71. The van der Waals surface area contributed by atoms with E-state index in [-0.39, 0.29) is 17.9 Å². The summed E-state index contributed by atoms with van der Waals surface area (Å²) >= 11 is 0. The minimum absolute atomic E-state index is 0.0445. The van der Waals surface area contributed by atoms with Gasteiger partial charge in [-0.3, -0.25) is 9.59 Å². The van der Waals surface area contributed by atoms with Crippen molar-refractivity contribution in [2.24, 2.45) is 5.73 Å². The van der Waals surface area contributed by atoms with Gasteiger partial charge in [0.05, 0.1) is 6.42 Å². The molecular weight excluding hydrogens is 350 g/mol. The van der Waals surface area contributed by atoms with Crippen LogP contribution < -0.4 is 11.1 Å². The van der Waals surface area contributed by atoms with Gasteiger partial charge in [0.15, 0.2) is 0 Å². The first kappa shape index (κ1) is 20.1. The van der Waals surface area contributed by atoms with Crippen LogP contribution in [0.3, 0.4) is 0 Å². The highest BCUT2D eigenvalue weighted by molar-refractivity contribution is 5.80. The Morgan fingerprint density at radius 1 is 1.00 bits per heavy atom. The number of likely N-dealkylation sites (tertiary alicyclic amines) is 1. The predicted molar refractivity (Wildman–Crippen MR) is 112 cm³/mol. The second-order valence-corrected chi connectivity index (χ2v) is 7.32. The Hall–Kier alpha value is -2.66. The zero-order valence-corrected chi connectivity index (χ0v) is 16.3. The number of hydrogen-bond acceptors (Lipinski definition) is 3. The molecular formula is C23H29N3O2. The lowest BCUT2D eigenvalue weighted by Crippen LogP contribution is -2.50. The van der Waals surface area contributed by atoms with Crippen molar-refractivity contribution in [1.29, 1.82) is 0 Å². The van der Waals surface area contributed by atoms with Crippen molar-refractivity contribution in [2.75, 3.05) is 19.6 Å². The summed E-state index contributed by atoms with van der Waals surface area (Å²) in [5, 5.41) is 2.91. The molecule has 5 heteroatoms. The monoisotopic (exact) mass is 379 g/mol. The Morgan fingerprint density at radius 2 is 1.71 bits per heavy atom. The molecule has 1 aliphatic rings. The van der Waals surface area contributed by atoms with Crippen molar-refractivity contribution >= 4 is 11.8 Å². The topological polar surface area (TPSA) is 75.4 Å². The maximum absolute atomic E-state index is 12.9. The van der Waals surface area contributed by atoms with E-state index in [0.717, 1.165) is 36.9 Å². The highest BCUT2D eigenvalue weighted by Gasteiger charge is 2.26. The van der Waals surface area contributed by atoms with Crippen molar-refractivity contribution in [3.8, 4) is 11.1 Å². The summed E-state index contributed by atoms with van der Waals surface area (Å²) in [6.45, 7) is 1.62. The molecule has 3 rings (SSSR count). The Kier molecular flexibility index (Phi) is 7.20. The summed E-state index contributed by atoms with van der Waals surface area (Å²) in [7, 11) is 0. The molecule has 0 spiro atoms. The molecule has 5 nitrogen and oxygen atoms in total. The van der Waals surface area contributed by atoms with Crippen molar-refractivity contribution in [1.82, 2.24) is 10.2 Å². The van der Waals surface area contributed by atoms with Gasteiger partial charge in [0, 0.05) is 32.1 Å². The number of nitrogens with zero attached hydrogens (tertiary/aromatic N) is 1. The quantitative estimate of drug-likeness (QED) is 0.777. The van der Waals surface area contributed by atoms with Crippen LogP contribution in [0.25, 0.3) is 11.1 Å². The Bertz CT molecular complexity index is 774. The maximum atomic E-state index is 12.9. The summed E-state index contributed by atoms with van der Waals surface area (Å²) in [4.78, 5) is 26.5. The third-order valence-electron chi connectivity index (χ3n) is 5.27. The minimum Gasteiger partial charge on any atom is -0.354 e. The second kappa shape index (κ2) is 10.0. The SMILES string of the molecule is NCCC(=O)NCC1CCCCN1C(=O)Cc1ccc(-c2ccccc2)cc1. The van der Waals surface area contributed by atoms with Crippen molar-refractivity contribution in [3.63, 3.8) is 0 Å². The van der Waals surface area contributed by atoms with Crippen LogP contribution in [0.4, 0.5) is 0 Å². The van der Waals surface area contributed by atoms with E-state index in [4.69, 9.17) is 5.73 Å². The van der Waals surface area contributed by atoms with Gasteiger partial charge in [-0.2, -0.15) is 0 Å². The fourth-order valence-corrected chi connectivity index (χ4v) is 3.71. The van der Waals surface area contributed by atoms with E-state index in [2.05, 4.69) is 29.6 Å². The molecule has 2 aromatic carbocycles. The fraction of sp³-hybridized carbons (Fsp3) is 0.391. The molecule has 0 aromatic heterocycles. The zero-order chi connectivity index (χ0) is 19.8. The molecule has 148 valence electrons. The summed E-state index contributed by atoms with van der Waals surface area (Å²) < 4.78 is 0. The number of amides is 2. The van der Waals surface area contributed by atoms with Gasteiger partial charge in [0.2, 0.25) is 11.8 Å². The molecule has 0 aliphatic carbocycles. The third-order valence-corrected chi connectivity index (χ3v) is 5.27. The van der Waals surface area contributed by atoms with Crippen molar-refractivity contribution < 1.29 is 9.59 Å². The van der Waals surface area contributed by atoms with Gasteiger partial charge in [-0.05, 0) is 36.0 Å². The van der Waals surface area contributed by atoms with E-state index in [1.54, 1.807) is 0 Å². The predicted octanol–water partition coefficient (Wildman–Crippen LogP) is 2.74. The van der Waals surface area contributed by atoms with E-state index in [9.17, 15) is 9.59 Å². The lowest BCUT2D eigenvalue weighted by Gasteiger charge is -2.36. The summed E-state index contributed by atoms with van der Waals surface area (Å²) in [5.74, 6) is 0.0854. The molecule has 1 heterocycles. The van der Waals surface area contributed by atoms with E-state index in [1.807, 2.05) is 35.2 Å². The first-order valence-corrected chi connectivity index (χ1v) is 10.1. The largest absolute Gasteiger partial charge is 0.354 e. The van der Waals surface area contributed by atoms with E-state index < -0.39 is 0 Å². The number of carbonyl (C=O) groups is 2. The lowest BCUT2D eigenvalue weighted by molar-refractivity contribution is -0.134. The molecule has 0 bridgehead atoms. The summed E-state index contributed by atoms with van der Waals surface area (Å²) in [5.41, 5.74) is 8.76. The van der Waals surface area contributed by atoms with Gasteiger partial charge in [-0.25, -0.2) is 0 Å². The van der Waals surface area contributed by atoms with E-state index in [1.165, 1.54) is 5.56 Å². The normalized spacial score (nSPS) is 16.6. The van der Waals surface area contributed by atoms with Crippen LogP contribution in [0.1, 0.15) is 31.2 Å². The van der Waals surface area contributed by atoms with Gasteiger partial charge in [0.25, 0.3) is 0 Å². The molecule has 1 aliphatic heterocycles. The second-order valence-electron chi connectivity index (χ2n) is 7.32. The molecule has 1 atom stereocenters. The Morgan fingerprint density at radius 3 is 2.43 bits per heavy atom. The molecule has 2 amide bonds. The minimum atomic E-state index is -0.0445. The van der Waals surface area contributed by atoms with Gasteiger partial charge in [-0.1, -0.05) is 54.6 Å². The highest BCUT2D eigenvalue weighted by atomic mass is 16.2. The van der Waals surface area contributed by atoms with Gasteiger partial charge in [0.1, 0.15) is 0 Å². The first-order valence-electron chi connectivity index (χ1n) is 10.1. The van der Waals surface area contributed by atoms with Crippen LogP contribution in [-0.4, -0.2) is 42.4 Å².